The number of hydrogen-bond acceptors (Lipinski definition) is 2. The van der Waals surface area contributed by atoms with Crippen molar-refractivity contribution in [3.63, 3.8) is 0 Å². The van der Waals surface area contributed by atoms with Gasteiger partial charge in [-0.1, -0.05) is 41.0 Å². The van der Waals surface area contributed by atoms with Crippen molar-refractivity contribution < 1.29 is 0 Å². The molecule has 114 valence electrons. The molecular formula is C17H36N2. The predicted octanol–water partition coefficient (Wildman–Crippen LogP) is 3.90. The molecule has 19 heavy (non-hydrogen) atoms. The number of rotatable bonds is 7. The summed E-state index contributed by atoms with van der Waals surface area (Å²) in [7, 11) is 0. The fraction of sp³-hybridized carbons (Fsp3) is 1.00. The quantitative estimate of drug-likeness (QED) is 0.759. The van der Waals surface area contributed by atoms with Gasteiger partial charge in [-0.25, -0.2) is 0 Å². The number of likely N-dealkylation sites (N-methyl/N-ethyl adjacent to an activating group) is 1. The molecule has 2 heteroatoms. The first-order valence-electron chi connectivity index (χ1n) is 8.44. The third-order valence-electron chi connectivity index (χ3n) is 5.57. The molecule has 1 aliphatic carbocycles. The highest BCUT2D eigenvalue weighted by molar-refractivity contribution is 4.96. The lowest BCUT2D eigenvalue weighted by Gasteiger charge is -2.49. The van der Waals surface area contributed by atoms with Gasteiger partial charge in [0.1, 0.15) is 0 Å². The fourth-order valence-electron chi connectivity index (χ4n) is 3.66. The number of hydrogen-bond donors (Lipinski definition) is 1. The van der Waals surface area contributed by atoms with Crippen molar-refractivity contribution >= 4 is 0 Å². The summed E-state index contributed by atoms with van der Waals surface area (Å²) in [6, 6.07) is 0. The first-order valence-corrected chi connectivity index (χ1v) is 8.44. The van der Waals surface area contributed by atoms with E-state index in [2.05, 4.69) is 39.5 Å². The Morgan fingerprint density at radius 3 is 2.11 bits per heavy atom. The van der Waals surface area contributed by atoms with E-state index in [4.69, 9.17) is 5.73 Å². The van der Waals surface area contributed by atoms with Crippen LogP contribution < -0.4 is 5.73 Å². The van der Waals surface area contributed by atoms with Crippen LogP contribution in [-0.2, 0) is 0 Å². The van der Waals surface area contributed by atoms with Gasteiger partial charge in [0.25, 0.3) is 0 Å². The van der Waals surface area contributed by atoms with Crippen molar-refractivity contribution in [3.05, 3.63) is 0 Å². The van der Waals surface area contributed by atoms with E-state index in [1.165, 1.54) is 38.6 Å². The molecule has 1 rings (SSSR count). The SMILES string of the molecule is CCC(C)CN(CC)C1(CN)CCC(C(C)C)CC1. The summed E-state index contributed by atoms with van der Waals surface area (Å²) in [6.45, 7) is 14.9. The lowest BCUT2D eigenvalue weighted by Crippen LogP contribution is -2.57. The maximum atomic E-state index is 6.21. The molecule has 0 heterocycles. The molecule has 0 radical (unpaired) electrons. The second-order valence-electron chi connectivity index (χ2n) is 7.06. The van der Waals surface area contributed by atoms with Crippen LogP contribution in [0.15, 0.2) is 0 Å². The van der Waals surface area contributed by atoms with Crippen LogP contribution in [0.25, 0.3) is 0 Å². The van der Waals surface area contributed by atoms with Gasteiger partial charge in [-0.3, -0.25) is 4.90 Å². The minimum atomic E-state index is 0.295. The highest BCUT2D eigenvalue weighted by Gasteiger charge is 2.39. The molecule has 1 aliphatic rings. The molecular weight excluding hydrogens is 232 g/mol. The first kappa shape index (κ1) is 17.0. The lowest BCUT2D eigenvalue weighted by atomic mass is 9.71. The van der Waals surface area contributed by atoms with E-state index in [9.17, 15) is 0 Å². The van der Waals surface area contributed by atoms with Crippen LogP contribution in [0, 0.1) is 17.8 Å². The van der Waals surface area contributed by atoms with E-state index in [1.807, 2.05) is 0 Å². The molecule has 1 atom stereocenters. The van der Waals surface area contributed by atoms with Crippen LogP contribution >= 0.6 is 0 Å². The molecule has 0 aromatic heterocycles. The second-order valence-corrected chi connectivity index (χ2v) is 7.06. The van der Waals surface area contributed by atoms with Gasteiger partial charge in [0.15, 0.2) is 0 Å². The molecule has 0 bridgehead atoms. The highest BCUT2D eigenvalue weighted by atomic mass is 15.2. The Balaban J connectivity index is 2.69. The van der Waals surface area contributed by atoms with E-state index in [0.29, 0.717) is 5.54 Å². The van der Waals surface area contributed by atoms with Crippen molar-refractivity contribution in [1.82, 2.24) is 4.90 Å². The summed E-state index contributed by atoms with van der Waals surface area (Å²) >= 11 is 0. The molecule has 0 aliphatic heterocycles. The smallest absolute Gasteiger partial charge is 0.0331 e. The largest absolute Gasteiger partial charge is 0.329 e. The third-order valence-corrected chi connectivity index (χ3v) is 5.57. The summed E-state index contributed by atoms with van der Waals surface area (Å²) in [5.41, 5.74) is 6.51. The zero-order valence-electron chi connectivity index (χ0n) is 13.9. The van der Waals surface area contributed by atoms with E-state index in [0.717, 1.165) is 30.8 Å². The Morgan fingerprint density at radius 2 is 1.74 bits per heavy atom. The van der Waals surface area contributed by atoms with Gasteiger partial charge >= 0.3 is 0 Å². The maximum Gasteiger partial charge on any atom is 0.0331 e. The van der Waals surface area contributed by atoms with Gasteiger partial charge in [0.2, 0.25) is 0 Å². The molecule has 2 nitrogen and oxygen atoms in total. The Bertz CT molecular complexity index is 242. The zero-order chi connectivity index (χ0) is 14.5. The van der Waals surface area contributed by atoms with Crippen molar-refractivity contribution in [2.24, 2.45) is 23.5 Å². The van der Waals surface area contributed by atoms with Crippen LogP contribution in [0.2, 0.25) is 0 Å². The summed E-state index contributed by atoms with van der Waals surface area (Å²) in [6.07, 6.45) is 6.61. The van der Waals surface area contributed by atoms with Gasteiger partial charge in [-0.05, 0) is 50.0 Å². The minimum Gasteiger partial charge on any atom is -0.329 e. The Morgan fingerprint density at radius 1 is 1.16 bits per heavy atom. The second kappa shape index (κ2) is 7.64. The molecule has 1 unspecified atom stereocenters. The molecule has 1 saturated carbocycles. The molecule has 0 spiro atoms. The number of nitrogens with two attached hydrogens (primary N) is 1. The number of nitrogens with zero attached hydrogens (tertiary/aromatic N) is 1. The zero-order valence-corrected chi connectivity index (χ0v) is 13.9. The van der Waals surface area contributed by atoms with Crippen LogP contribution in [0.1, 0.15) is 66.7 Å². The molecule has 0 saturated heterocycles. The Labute approximate surface area is 121 Å². The average molecular weight is 268 g/mol. The van der Waals surface area contributed by atoms with Crippen LogP contribution in [0.4, 0.5) is 0 Å². The maximum absolute atomic E-state index is 6.21. The molecule has 0 aromatic carbocycles. The lowest BCUT2D eigenvalue weighted by molar-refractivity contribution is 0.0283. The molecule has 1 fully saturated rings. The van der Waals surface area contributed by atoms with E-state index < -0.39 is 0 Å². The minimum absolute atomic E-state index is 0.295. The van der Waals surface area contributed by atoms with E-state index in [-0.39, 0.29) is 0 Å². The first-order chi connectivity index (χ1) is 8.99. The van der Waals surface area contributed by atoms with Crippen molar-refractivity contribution in [2.45, 2.75) is 72.3 Å². The van der Waals surface area contributed by atoms with Gasteiger partial charge in [-0.15, -0.1) is 0 Å². The van der Waals surface area contributed by atoms with Crippen LogP contribution in [0.3, 0.4) is 0 Å². The van der Waals surface area contributed by atoms with Crippen LogP contribution in [-0.4, -0.2) is 30.1 Å². The Hall–Kier alpha value is -0.0800. The predicted molar refractivity (Wildman–Crippen MR) is 85.3 cm³/mol. The molecule has 0 aromatic rings. The van der Waals surface area contributed by atoms with Gasteiger partial charge in [0, 0.05) is 18.6 Å². The third kappa shape index (κ3) is 4.19. The normalized spacial score (nSPS) is 30.0. The van der Waals surface area contributed by atoms with Crippen LogP contribution in [0.5, 0.6) is 0 Å². The van der Waals surface area contributed by atoms with E-state index >= 15 is 0 Å². The summed E-state index contributed by atoms with van der Waals surface area (Å²) < 4.78 is 0. The van der Waals surface area contributed by atoms with Crippen molar-refractivity contribution in [2.75, 3.05) is 19.6 Å². The fourth-order valence-corrected chi connectivity index (χ4v) is 3.66. The summed E-state index contributed by atoms with van der Waals surface area (Å²) in [5, 5.41) is 0. The molecule has 2 N–H and O–H groups in total. The van der Waals surface area contributed by atoms with Crippen molar-refractivity contribution in [1.29, 1.82) is 0 Å². The van der Waals surface area contributed by atoms with Gasteiger partial charge < -0.3 is 5.73 Å². The van der Waals surface area contributed by atoms with Gasteiger partial charge in [-0.2, -0.15) is 0 Å². The molecule has 0 amide bonds. The Kier molecular flexibility index (Phi) is 6.82. The van der Waals surface area contributed by atoms with Gasteiger partial charge in [0.05, 0.1) is 0 Å². The monoisotopic (exact) mass is 268 g/mol. The van der Waals surface area contributed by atoms with E-state index in [1.54, 1.807) is 0 Å². The average Bonchev–Trinajstić information content (AvgIpc) is 2.44. The summed E-state index contributed by atoms with van der Waals surface area (Å²) in [4.78, 5) is 2.69. The summed E-state index contributed by atoms with van der Waals surface area (Å²) in [5.74, 6) is 2.54. The van der Waals surface area contributed by atoms with Crippen molar-refractivity contribution in [3.8, 4) is 0 Å². The standard InChI is InChI=1S/C17H36N2/c1-6-15(5)12-19(7-2)17(13-18)10-8-16(9-11-17)14(3)4/h14-16H,6-13,18H2,1-5H3. The topological polar surface area (TPSA) is 29.3 Å². The highest BCUT2D eigenvalue weighted by Crippen LogP contribution is 2.39.